The highest BCUT2D eigenvalue weighted by atomic mass is 16.6. The second kappa shape index (κ2) is 55.1. The molecule has 0 spiro atoms. The topological polar surface area (TPSA) is 449 Å². The summed E-state index contributed by atoms with van der Waals surface area (Å²) in [6.07, 6.45) is 17.0. The number of nitrogens with two attached hydrogens (primary N) is 2. The van der Waals surface area contributed by atoms with E-state index in [0.717, 1.165) is 30.4 Å². The fourth-order valence-corrected chi connectivity index (χ4v) is 16.6. The van der Waals surface area contributed by atoms with Gasteiger partial charge in [0.15, 0.2) is 17.0 Å². The van der Waals surface area contributed by atoms with E-state index in [-0.39, 0.29) is 105 Å². The van der Waals surface area contributed by atoms with Crippen LogP contribution in [0.1, 0.15) is 157 Å². The van der Waals surface area contributed by atoms with Crippen molar-refractivity contribution in [2.75, 3.05) is 165 Å². The van der Waals surface area contributed by atoms with E-state index >= 15 is 0 Å². The standard InChI is InChI=1S/C92H140N12O24/c1-61-18-12-11-13-19-63(3)78(113-8)56-71-24-21-67(7)92(112,128-71)86(109)89(110)103-29-16-14-20-73(103)90(111)126-79(57-74(105)64(4)52-66(6)84(108)85(115-10)75(106)51-62(2)50-61)65(5)53-68-22-25-77(80(54-68)114-9)125-49-48-124-59-70-58-102(101-99-70)31-33-117-35-37-119-39-41-121-43-45-123-47-46-122-44-42-120-40-38-118-36-34-116-32-27-81(107)95-28-15-17-30-104-88-82(87(93)96-60-97-88)83(100-104)69-23-26-76-72(55-69)98-91(94)127-76/h11-13,18-19,23,26,52,55,58,60-62,64-65,67-68,71,73,77-80,84-85,108,112H,14-17,20-22,24-25,27-51,53-54,56-57,59H2,1-10H3,(H2,94,98)(H,95,107)(H2,93,96,97)/b13-11+,18-12+,63-19+,66-52+/t61-,62-,64+,65+,67-,68+,71+,73+,77-,78+,79+,80-,84+,85-,92-/m1/s1. The molecular weight excluding hydrogens is 1660 g/mol. The van der Waals surface area contributed by atoms with Crippen molar-refractivity contribution in [3.05, 3.63) is 84.0 Å². The fraction of sp³-hybridized carbons (Fsp3) is 0.696. The Kier molecular flexibility index (Phi) is 44.6. The summed E-state index contributed by atoms with van der Waals surface area (Å²) in [6, 6.07) is 4.39. The van der Waals surface area contributed by atoms with Gasteiger partial charge in [-0.1, -0.05) is 76.3 Å². The SMILES string of the molecule is CO[C@H]1C[C@@H]2CC[C@@H](C)[C@@](O)(O2)C(=O)C(=O)N2CCCC[C@H]2C(=O)O[C@H]([C@@H](C)C[C@@H]2CC[C@@H](OCCOCc3cn(CCOCCOCCOCCOCCOCCOCCOCCOCCC(=O)NCCCCn4nc(-c5ccc6oc(N)nc6c5)c5c(N)ncnc54)nn3)[C@H](OC)C2)CC(=O)[C@@H](C)/C=C(\C)[C@H](O)[C@H](OC)C(=O)C[C@H](C)C[C@H](C)/C=C/C=C/C=C/1C. The second-order valence-corrected chi connectivity index (χ2v) is 33.9. The average Bonchev–Trinajstić information content (AvgIpc) is 1.38. The van der Waals surface area contributed by atoms with Crippen molar-refractivity contribution in [3.63, 3.8) is 0 Å². The fourth-order valence-electron chi connectivity index (χ4n) is 16.6. The Labute approximate surface area is 751 Å². The molecule has 128 heavy (non-hydrogen) atoms. The number of unbranched alkanes of at least 4 members (excludes halogenated alkanes) is 1. The van der Waals surface area contributed by atoms with E-state index in [2.05, 4.69) is 43.6 Å². The summed E-state index contributed by atoms with van der Waals surface area (Å²) < 4.78 is 96.4. The molecule has 2 amide bonds. The Morgan fingerprint density at radius 2 is 1.38 bits per heavy atom. The lowest BCUT2D eigenvalue weighted by Gasteiger charge is -2.42. The van der Waals surface area contributed by atoms with Gasteiger partial charge in [-0.05, 0) is 144 Å². The minimum atomic E-state index is -2.47. The quantitative estimate of drug-likeness (QED) is 0.0105. The van der Waals surface area contributed by atoms with Crippen LogP contribution < -0.4 is 16.8 Å². The third-order valence-corrected chi connectivity index (χ3v) is 23.9. The van der Waals surface area contributed by atoms with Crippen LogP contribution in [0.2, 0.25) is 0 Å². The van der Waals surface area contributed by atoms with Crippen LogP contribution in [0.4, 0.5) is 11.8 Å². The van der Waals surface area contributed by atoms with E-state index in [0.29, 0.717) is 235 Å². The number of carbonyl (C=O) groups excluding carboxylic acids is 6. The molecule has 7 heterocycles. The summed E-state index contributed by atoms with van der Waals surface area (Å²) in [5, 5.41) is 40.7. The first-order valence-corrected chi connectivity index (χ1v) is 45.5. The highest BCUT2D eigenvalue weighted by Gasteiger charge is 2.53. The Bertz CT molecular complexity index is 4340. The number of ether oxygens (including phenoxy) is 15. The number of hydrogen-bond acceptors (Lipinski definition) is 32. The van der Waals surface area contributed by atoms with Crippen molar-refractivity contribution >= 4 is 69.1 Å². The van der Waals surface area contributed by atoms with E-state index in [1.54, 1.807) is 56.5 Å². The molecule has 712 valence electrons. The molecule has 36 nitrogen and oxygen atoms in total. The molecule has 0 unspecified atom stereocenters. The number of nitrogens with one attached hydrogen (secondary N) is 1. The van der Waals surface area contributed by atoms with E-state index < -0.39 is 71.8 Å². The maximum atomic E-state index is 14.8. The van der Waals surface area contributed by atoms with Crippen LogP contribution in [-0.2, 0) is 120 Å². The summed E-state index contributed by atoms with van der Waals surface area (Å²) in [5.74, 6) is -7.47. The van der Waals surface area contributed by atoms with Gasteiger partial charge in [-0.15, -0.1) is 5.10 Å². The zero-order valence-electron chi connectivity index (χ0n) is 76.6. The first kappa shape index (κ1) is 103. The predicted molar refractivity (Wildman–Crippen MR) is 474 cm³/mol. The molecule has 3 fully saturated rings. The molecule has 4 aromatic heterocycles. The van der Waals surface area contributed by atoms with Crippen molar-refractivity contribution < 1.29 is 114 Å². The third-order valence-electron chi connectivity index (χ3n) is 23.9. The second-order valence-electron chi connectivity index (χ2n) is 33.9. The Hall–Kier alpha value is -8.28. The van der Waals surface area contributed by atoms with Crippen LogP contribution >= 0.6 is 0 Å². The van der Waals surface area contributed by atoms with Gasteiger partial charge in [0.1, 0.15) is 59.2 Å². The van der Waals surface area contributed by atoms with Crippen molar-refractivity contribution in [2.45, 2.75) is 225 Å². The molecule has 7 N–H and O–H groups in total. The number of hydrogen-bond donors (Lipinski definition) is 5. The number of Topliss-reactive ketones (excluding diaryl/α,β-unsaturated/α-hetero) is 3. The third kappa shape index (κ3) is 32.9. The molecule has 1 aromatic carbocycles. The van der Waals surface area contributed by atoms with Gasteiger partial charge in [0.25, 0.3) is 17.7 Å². The molecule has 4 aliphatic rings. The number of aromatic nitrogens is 8. The van der Waals surface area contributed by atoms with Crippen LogP contribution in [-0.4, -0.2) is 298 Å². The molecule has 0 radical (unpaired) electrons. The lowest BCUT2D eigenvalue weighted by Crippen LogP contribution is -2.61. The maximum absolute atomic E-state index is 14.8. The Morgan fingerprint density at radius 1 is 0.703 bits per heavy atom. The summed E-state index contributed by atoms with van der Waals surface area (Å²) >= 11 is 0. The van der Waals surface area contributed by atoms with Crippen LogP contribution in [0, 0.1) is 35.5 Å². The number of carbonyl (C=O) groups is 6. The lowest BCUT2D eigenvalue weighted by atomic mass is 9.78. The van der Waals surface area contributed by atoms with Crippen LogP contribution in [0.5, 0.6) is 0 Å². The van der Waals surface area contributed by atoms with Gasteiger partial charge in [-0.3, -0.25) is 24.0 Å². The number of piperidine rings is 1. The number of amides is 2. The van der Waals surface area contributed by atoms with Crippen molar-refractivity contribution in [1.29, 1.82) is 0 Å². The van der Waals surface area contributed by atoms with Gasteiger partial charge in [0.05, 0.1) is 168 Å². The average molecular weight is 1800 g/mol. The zero-order valence-corrected chi connectivity index (χ0v) is 76.6. The smallest absolute Gasteiger partial charge is 0.329 e. The van der Waals surface area contributed by atoms with Crippen molar-refractivity contribution in [3.8, 4) is 11.3 Å². The van der Waals surface area contributed by atoms with Crippen molar-refractivity contribution in [1.82, 2.24) is 49.9 Å². The first-order valence-electron chi connectivity index (χ1n) is 45.5. The number of rotatable bonds is 45. The van der Waals surface area contributed by atoms with Crippen LogP contribution in [0.25, 0.3) is 33.4 Å². The normalized spacial score (nSPS) is 26.5. The number of anilines is 2. The highest BCUT2D eigenvalue weighted by molar-refractivity contribution is 6.39. The van der Waals surface area contributed by atoms with Crippen molar-refractivity contribution in [2.24, 2.45) is 35.5 Å². The monoisotopic (exact) mass is 1800 g/mol. The molecular formula is C92H140N12O24. The van der Waals surface area contributed by atoms with Crippen LogP contribution in [0.15, 0.2) is 82.7 Å². The number of methoxy groups -OCH3 is 3. The minimum absolute atomic E-state index is 0.0317. The number of esters is 1. The lowest BCUT2D eigenvalue weighted by molar-refractivity contribution is -0.265. The molecule has 2 saturated heterocycles. The number of aryl methyl sites for hydroxylation is 1. The zero-order chi connectivity index (χ0) is 91.7. The molecule has 1 aliphatic carbocycles. The Morgan fingerprint density at radius 3 is 2.06 bits per heavy atom. The molecule has 15 atom stereocenters. The molecule has 2 bridgehead atoms. The summed E-state index contributed by atoms with van der Waals surface area (Å²) in [4.78, 5) is 98.6. The number of nitrogen functional groups attached to an aromatic ring is 2. The number of cyclic esters (lactones) is 1. The highest BCUT2D eigenvalue weighted by Crippen LogP contribution is 2.40. The molecule has 5 aromatic rings. The molecule has 9 rings (SSSR count). The number of ketones is 3. The van der Waals surface area contributed by atoms with E-state index in [4.69, 9.17) is 92.0 Å². The van der Waals surface area contributed by atoms with Gasteiger partial charge in [0, 0.05) is 84.0 Å². The number of aliphatic hydroxyl groups is 2. The minimum Gasteiger partial charge on any atom is -0.460 e. The number of oxazole rings is 1. The maximum Gasteiger partial charge on any atom is 0.329 e. The van der Waals surface area contributed by atoms with Gasteiger partial charge in [-0.2, -0.15) is 10.1 Å². The number of fused-ring (bicyclic) bond motifs is 5. The molecule has 36 heteroatoms. The van der Waals surface area contributed by atoms with Gasteiger partial charge in [-0.25, -0.2) is 24.1 Å². The first-order chi connectivity index (χ1) is 61.9. The summed E-state index contributed by atoms with van der Waals surface area (Å²) in [7, 11) is 4.62. The summed E-state index contributed by atoms with van der Waals surface area (Å²) in [5.41, 5.74) is 17.1. The molecule has 3 aliphatic heterocycles. The number of nitrogens with zero attached hydrogens (tertiary/aromatic N) is 9. The van der Waals surface area contributed by atoms with Gasteiger partial charge < -0.3 is 107 Å². The number of aliphatic hydroxyl groups excluding tert-OH is 1. The largest absolute Gasteiger partial charge is 0.460 e. The number of benzene rings is 1. The Balaban J connectivity index is 0.588. The van der Waals surface area contributed by atoms with E-state index in [1.165, 1.54) is 18.3 Å². The number of allylic oxidation sites excluding steroid dienone is 6. The molecule has 1 saturated carbocycles. The van der Waals surface area contributed by atoms with Gasteiger partial charge in [0.2, 0.25) is 11.7 Å². The predicted octanol–water partition coefficient (Wildman–Crippen LogP) is 8.64. The van der Waals surface area contributed by atoms with Gasteiger partial charge >= 0.3 is 5.97 Å². The summed E-state index contributed by atoms with van der Waals surface area (Å²) in [6.45, 7) is 21.9. The van der Waals surface area contributed by atoms with Crippen LogP contribution in [0.3, 0.4) is 0 Å². The van der Waals surface area contributed by atoms with E-state index in [9.17, 15) is 39.0 Å². The van der Waals surface area contributed by atoms with E-state index in [1.807, 2.05) is 63.4 Å².